The molecule has 4 N–H and O–H groups in total. The van der Waals surface area contributed by atoms with Crippen LogP contribution in [0.5, 0.6) is 0 Å². The van der Waals surface area contributed by atoms with E-state index >= 15 is 0 Å². The van der Waals surface area contributed by atoms with E-state index in [1.807, 2.05) is 42.5 Å². The number of fused-ring (bicyclic) bond motifs is 4. The number of benzene rings is 3. The summed E-state index contributed by atoms with van der Waals surface area (Å²) in [6.07, 6.45) is -0.465. The summed E-state index contributed by atoms with van der Waals surface area (Å²) in [5.74, 6) is 1.05. The van der Waals surface area contributed by atoms with Gasteiger partial charge in [0.15, 0.2) is 0 Å². The number of nitrogens with zero attached hydrogens (tertiary/aromatic N) is 2. The third kappa shape index (κ3) is 6.22. The largest absolute Gasteiger partial charge is 0.416 e. The van der Waals surface area contributed by atoms with Gasteiger partial charge in [0.1, 0.15) is 5.82 Å². The summed E-state index contributed by atoms with van der Waals surface area (Å²) in [6, 6.07) is 20.8. The van der Waals surface area contributed by atoms with Crippen LogP contribution in [0.2, 0.25) is 0 Å². The molecule has 2 heterocycles. The molecule has 1 saturated carbocycles. The van der Waals surface area contributed by atoms with Gasteiger partial charge in [-0.05, 0) is 78.2 Å². The molecular formula is C31H29F3N6OS. The number of carbonyl (C=O) groups excluding carboxylic acids is 1. The minimum Gasteiger partial charge on any atom is -0.369 e. The Morgan fingerprint density at radius 3 is 2.52 bits per heavy atom. The molecule has 1 aliphatic heterocycles. The van der Waals surface area contributed by atoms with Gasteiger partial charge in [0, 0.05) is 42.0 Å². The maximum atomic E-state index is 13.1. The number of amides is 1. The van der Waals surface area contributed by atoms with Crippen molar-refractivity contribution in [3.8, 4) is 11.1 Å². The molecule has 6 rings (SSSR count). The predicted molar refractivity (Wildman–Crippen MR) is 158 cm³/mol. The van der Waals surface area contributed by atoms with Crippen molar-refractivity contribution < 1.29 is 18.0 Å². The molecular weight excluding hydrogens is 561 g/mol. The number of nitrogens with one attached hydrogen (secondary N) is 4. The highest BCUT2D eigenvalue weighted by Gasteiger charge is 2.51. The van der Waals surface area contributed by atoms with E-state index in [2.05, 4.69) is 31.7 Å². The highest BCUT2D eigenvalue weighted by atomic mass is 32.2. The number of carbonyl (C=O) groups is 1. The average Bonchev–Trinajstić information content (AvgIpc) is 3.80. The van der Waals surface area contributed by atoms with Crippen LogP contribution in [0.4, 0.5) is 30.6 Å². The van der Waals surface area contributed by atoms with Crippen molar-refractivity contribution in [2.75, 3.05) is 23.7 Å². The predicted octanol–water partition coefficient (Wildman–Crippen LogP) is 6.67. The SMILES string of the molecule is O=C(NCc1ccc(-c2cnc3nc2NCCCNSc2cccc(c2)N3)cc1)C1(c2ccc(C(F)(F)F)cc2)CC1. The molecule has 4 bridgehead atoms. The first-order chi connectivity index (χ1) is 20.3. The minimum atomic E-state index is -4.40. The fourth-order valence-corrected chi connectivity index (χ4v) is 5.71. The van der Waals surface area contributed by atoms with E-state index in [9.17, 15) is 18.0 Å². The molecule has 2 aliphatic rings. The lowest BCUT2D eigenvalue weighted by Crippen LogP contribution is -2.34. The maximum Gasteiger partial charge on any atom is 0.416 e. The first-order valence-electron chi connectivity index (χ1n) is 13.7. The van der Waals surface area contributed by atoms with E-state index < -0.39 is 17.2 Å². The van der Waals surface area contributed by atoms with Crippen LogP contribution in [-0.2, 0) is 22.9 Å². The molecule has 216 valence electrons. The Balaban J connectivity index is 1.14. The number of anilines is 3. The van der Waals surface area contributed by atoms with Crippen LogP contribution in [0.3, 0.4) is 0 Å². The highest BCUT2D eigenvalue weighted by Crippen LogP contribution is 2.49. The molecule has 7 nitrogen and oxygen atoms in total. The van der Waals surface area contributed by atoms with Crippen LogP contribution in [0.15, 0.2) is 83.9 Å². The quantitative estimate of drug-likeness (QED) is 0.193. The van der Waals surface area contributed by atoms with Crippen LogP contribution in [0.1, 0.15) is 36.0 Å². The van der Waals surface area contributed by atoms with Gasteiger partial charge in [0.05, 0.1) is 11.0 Å². The summed E-state index contributed by atoms with van der Waals surface area (Å²) in [7, 11) is 0. The monoisotopic (exact) mass is 590 g/mol. The minimum absolute atomic E-state index is 0.170. The smallest absolute Gasteiger partial charge is 0.369 e. The zero-order valence-electron chi connectivity index (χ0n) is 22.6. The molecule has 0 saturated heterocycles. The van der Waals surface area contributed by atoms with Crippen LogP contribution in [0.25, 0.3) is 11.1 Å². The molecule has 1 amide bonds. The lowest BCUT2D eigenvalue weighted by atomic mass is 9.94. The number of alkyl halides is 3. The molecule has 0 atom stereocenters. The van der Waals surface area contributed by atoms with Crippen molar-refractivity contribution in [3.63, 3.8) is 0 Å². The first-order valence-corrected chi connectivity index (χ1v) is 14.5. The molecule has 1 fully saturated rings. The molecule has 1 aromatic heterocycles. The Hall–Kier alpha value is -4.09. The molecule has 0 unspecified atom stereocenters. The topological polar surface area (TPSA) is 91.0 Å². The number of rotatable bonds is 5. The van der Waals surface area contributed by atoms with Gasteiger partial charge in [-0.1, -0.05) is 42.5 Å². The normalized spacial score (nSPS) is 16.1. The third-order valence-corrected chi connectivity index (χ3v) is 8.32. The fraction of sp³-hybridized carbons (Fsp3) is 0.258. The van der Waals surface area contributed by atoms with Crippen LogP contribution < -0.4 is 20.7 Å². The van der Waals surface area contributed by atoms with Gasteiger partial charge < -0.3 is 16.0 Å². The van der Waals surface area contributed by atoms with Crippen molar-refractivity contribution in [1.82, 2.24) is 20.0 Å². The van der Waals surface area contributed by atoms with Crippen molar-refractivity contribution in [2.45, 2.75) is 42.3 Å². The Morgan fingerprint density at radius 1 is 1.00 bits per heavy atom. The van der Waals surface area contributed by atoms with Gasteiger partial charge in [-0.3, -0.25) is 9.52 Å². The second kappa shape index (κ2) is 11.7. The number of aromatic nitrogens is 2. The lowest BCUT2D eigenvalue weighted by molar-refractivity contribution is -0.137. The van der Waals surface area contributed by atoms with E-state index in [-0.39, 0.29) is 5.91 Å². The number of hydrogen-bond acceptors (Lipinski definition) is 7. The second-order valence-corrected chi connectivity index (χ2v) is 11.4. The van der Waals surface area contributed by atoms with Gasteiger partial charge in [0.25, 0.3) is 0 Å². The second-order valence-electron chi connectivity index (χ2n) is 10.4. The van der Waals surface area contributed by atoms with E-state index in [0.29, 0.717) is 30.9 Å². The Morgan fingerprint density at radius 2 is 1.79 bits per heavy atom. The van der Waals surface area contributed by atoms with E-state index in [1.165, 1.54) is 12.1 Å². The summed E-state index contributed by atoms with van der Waals surface area (Å²) in [6.45, 7) is 1.89. The van der Waals surface area contributed by atoms with Gasteiger partial charge in [-0.25, -0.2) is 4.98 Å². The summed E-state index contributed by atoms with van der Waals surface area (Å²) >= 11 is 1.59. The number of halogens is 3. The molecule has 11 heteroatoms. The standard InChI is InChI=1S/C31H29F3N6OS/c32-31(33,34)23-11-9-22(10-12-23)30(13-14-30)28(41)36-18-20-5-7-21(8-6-20)26-19-37-29-39-24-3-1-4-25(17-24)42-38-16-2-15-35-27(26)40-29/h1,3-12,17,19,38H,2,13-16,18H2,(H,36,41)(H2,35,37,39,40). The Kier molecular flexibility index (Phi) is 7.78. The average molecular weight is 591 g/mol. The van der Waals surface area contributed by atoms with E-state index in [0.717, 1.165) is 64.7 Å². The number of hydrogen-bond donors (Lipinski definition) is 4. The molecule has 3 aromatic carbocycles. The Labute approximate surface area is 245 Å². The molecule has 1 aliphatic carbocycles. The summed E-state index contributed by atoms with van der Waals surface area (Å²) in [5, 5.41) is 9.70. The summed E-state index contributed by atoms with van der Waals surface area (Å²) in [5.41, 5.74) is 2.75. The zero-order chi connectivity index (χ0) is 29.2. The van der Waals surface area contributed by atoms with Gasteiger partial charge in [-0.15, -0.1) is 0 Å². The zero-order valence-corrected chi connectivity index (χ0v) is 23.4. The summed E-state index contributed by atoms with van der Waals surface area (Å²) < 4.78 is 42.2. The molecule has 0 radical (unpaired) electrons. The van der Waals surface area contributed by atoms with Crippen LogP contribution in [-0.4, -0.2) is 29.0 Å². The molecule has 4 aromatic rings. The summed E-state index contributed by atoms with van der Waals surface area (Å²) in [4.78, 5) is 23.5. The van der Waals surface area contributed by atoms with Crippen molar-refractivity contribution >= 4 is 35.3 Å². The van der Waals surface area contributed by atoms with E-state index in [4.69, 9.17) is 4.98 Å². The van der Waals surface area contributed by atoms with Crippen molar-refractivity contribution in [1.29, 1.82) is 0 Å². The van der Waals surface area contributed by atoms with Crippen LogP contribution >= 0.6 is 11.9 Å². The maximum absolute atomic E-state index is 13.1. The third-order valence-electron chi connectivity index (χ3n) is 7.48. The molecule has 0 spiro atoms. The highest BCUT2D eigenvalue weighted by molar-refractivity contribution is 7.97. The first kappa shape index (κ1) is 28.0. The Bertz CT molecular complexity index is 1570. The molecule has 42 heavy (non-hydrogen) atoms. The lowest BCUT2D eigenvalue weighted by Gasteiger charge is -2.17. The van der Waals surface area contributed by atoms with Crippen LogP contribution in [0, 0.1) is 0 Å². The van der Waals surface area contributed by atoms with E-state index in [1.54, 1.807) is 18.1 Å². The van der Waals surface area contributed by atoms with Crippen molar-refractivity contribution in [3.05, 3.63) is 95.7 Å². The fourth-order valence-electron chi connectivity index (χ4n) is 4.96. The van der Waals surface area contributed by atoms with Gasteiger partial charge in [-0.2, -0.15) is 18.2 Å². The van der Waals surface area contributed by atoms with Gasteiger partial charge >= 0.3 is 6.18 Å². The van der Waals surface area contributed by atoms with Gasteiger partial charge in [0.2, 0.25) is 11.9 Å². The van der Waals surface area contributed by atoms with Crippen molar-refractivity contribution in [2.24, 2.45) is 0 Å².